The molecule has 0 bridgehead atoms. The van der Waals surface area contributed by atoms with Crippen molar-refractivity contribution in [1.82, 2.24) is 29.6 Å². The van der Waals surface area contributed by atoms with Crippen LogP contribution in [0.3, 0.4) is 0 Å². The van der Waals surface area contributed by atoms with Crippen LogP contribution in [0, 0.1) is 0 Å². The molecule has 3 heterocycles. The molecule has 0 aliphatic carbocycles. The highest BCUT2D eigenvalue weighted by molar-refractivity contribution is 5.59. The fraction of sp³-hybridized carbons (Fsp3) is 0.176. The third kappa shape index (κ3) is 2.83. The van der Waals surface area contributed by atoms with Gasteiger partial charge in [-0.05, 0) is 25.1 Å². The zero-order chi connectivity index (χ0) is 16.4. The number of nitrogens with one attached hydrogen (secondary N) is 1. The number of benzene rings is 1. The predicted octanol–water partition coefficient (Wildman–Crippen LogP) is 2.49. The molecule has 3 aromatic heterocycles. The van der Waals surface area contributed by atoms with Crippen molar-refractivity contribution in [2.75, 3.05) is 5.32 Å². The molecule has 1 aromatic carbocycles. The van der Waals surface area contributed by atoms with E-state index in [1.54, 1.807) is 10.7 Å². The van der Waals surface area contributed by atoms with Crippen molar-refractivity contribution in [2.24, 2.45) is 0 Å². The Morgan fingerprint density at radius 1 is 1.04 bits per heavy atom. The summed E-state index contributed by atoms with van der Waals surface area (Å²) in [5.74, 6) is 1.51. The Hall–Kier alpha value is -3.22. The maximum atomic E-state index is 4.63. The first kappa shape index (κ1) is 14.4. The van der Waals surface area contributed by atoms with Gasteiger partial charge in [-0.3, -0.25) is 4.68 Å². The molecule has 4 rings (SSSR count). The third-order valence-corrected chi connectivity index (χ3v) is 3.71. The van der Waals surface area contributed by atoms with Gasteiger partial charge in [0.15, 0.2) is 11.5 Å². The van der Waals surface area contributed by atoms with E-state index in [0.717, 1.165) is 29.4 Å². The number of fused-ring (bicyclic) bond motifs is 1. The average Bonchev–Trinajstić information content (AvgIpc) is 3.25. The minimum Gasteiger partial charge on any atom is -0.364 e. The zero-order valence-corrected chi connectivity index (χ0v) is 13.2. The second-order valence-corrected chi connectivity index (χ2v) is 5.65. The predicted molar refractivity (Wildman–Crippen MR) is 91.5 cm³/mol. The average molecular weight is 319 g/mol. The van der Waals surface area contributed by atoms with Gasteiger partial charge in [-0.25, -0.2) is 0 Å². The van der Waals surface area contributed by atoms with E-state index < -0.39 is 0 Å². The second-order valence-electron chi connectivity index (χ2n) is 5.65. The van der Waals surface area contributed by atoms with Gasteiger partial charge in [0.2, 0.25) is 0 Å². The Labute approximate surface area is 139 Å². The van der Waals surface area contributed by atoms with Gasteiger partial charge in [0.1, 0.15) is 5.82 Å². The van der Waals surface area contributed by atoms with Gasteiger partial charge in [-0.2, -0.15) is 9.61 Å². The number of aromatic nitrogens is 6. The van der Waals surface area contributed by atoms with Gasteiger partial charge in [0, 0.05) is 24.0 Å². The molecule has 7 nitrogen and oxygen atoms in total. The molecular formula is C17H17N7. The van der Waals surface area contributed by atoms with E-state index in [0.29, 0.717) is 0 Å². The van der Waals surface area contributed by atoms with Crippen molar-refractivity contribution in [3.05, 3.63) is 60.9 Å². The van der Waals surface area contributed by atoms with E-state index in [4.69, 9.17) is 0 Å². The lowest BCUT2D eigenvalue weighted by Gasteiger charge is -2.14. The summed E-state index contributed by atoms with van der Waals surface area (Å²) in [5, 5.41) is 20.7. The largest absolute Gasteiger partial charge is 0.364 e. The summed E-state index contributed by atoms with van der Waals surface area (Å²) in [6.45, 7) is 2.86. The number of hydrogen-bond acceptors (Lipinski definition) is 5. The Bertz CT molecular complexity index is 928. The van der Waals surface area contributed by atoms with Crippen molar-refractivity contribution in [3.63, 3.8) is 0 Å². The highest BCUT2D eigenvalue weighted by Gasteiger charge is 2.11. The van der Waals surface area contributed by atoms with E-state index in [9.17, 15) is 0 Å². The van der Waals surface area contributed by atoms with Gasteiger partial charge in [-0.15, -0.1) is 15.3 Å². The Morgan fingerprint density at radius 3 is 2.71 bits per heavy atom. The lowest BCUT2D eigenvalue weighted by molar-refractivity contribution is 0.559. The lowest BCUT2D eigenvalue weighted by Crippen LogP contribution is -2.23. The molecule has 0 fully saturated rings. The summed E-state index contributed by atoms with van der Waals surface area (Å²) in [6, 6.07) is 15.9. The number of hydrogen-bond donors (Lipinski definition) is 1. The van der Waals surface area contributed by atoms with Crippen LogP contribution in [-0.4, -0.2) is 35.6 Å². The summed E-state index contributed by atoms with van der Waals surface area (Å²) in [4.78, 5) is 0. The van der Waals surface area contributed by atoms with Crippen LogP contribution in [0.2, 0.25) is 0 Å². The van der Waals surface area contributed by atoms with Crippen molar-refractivity contribution in [2.45, 2.75) is 19.5 Å². The normalized spacial score (nSPS) is 12.4. The molecule has 0 radical (unpaired) electrons. The second kappa shape index (κ2) is 6.11. The molecular weight excluding hydrogens is 302 g/mol. The van der Waals surface area contributed by atoms with Gasteiger partial charge in [0.25, 0.3) is 0 Å². The lowest BCUT2D eigenvalue weighted by atomic mass is 10.2. The molecule has 120 valence electrons. The summed E-state index contributed by atoms with van der Waals surface area (Å²) < 4.78 is 3.66. The molecule has 0 aliphatic heterocycles. The van der Waals surface area contributed by atoms with Crippen molar-refractivity contribution in [1.29, 1.82) is 0 Å². The highest BCUT2D eigenvalue weighted by atomic mass is 15.4. The van der Waals surface area contributed by atoms with Crippen LogP contribution in [-0.2, 0) is 6.54 Å². The van der Waals surface area contributed by atoms with E-state index in [1.807, 2.05) is 59.4 Å². The van der Waals surface area contributed by atoms with Crippen molar-refractivity contribution >= 4 is 11.5 Å². The van der Waals surface area contributed by atoms with Gasteiger partial charge < -0.3 is 5.32 Å². The molecule has 0 amide bonds. The first-order valence-electron chi connectivity index (χ1n) is 7.81. The minimum atomic E-state index is 0.187. The van der Waals surface area contributed by atoms with E-state index in [-0.39, 0.29) is 6.04 Å². The monoisotopic (exact) mass is 319 g/mol. The number of anilines is 1. The molecule has 0 saturated carbocycles. The van der Waals surface area contributed by atoms with Crippen molar-refractivity contribution < 1.29 is 0 Å². The van der Waals surface area contributed by atoms with E-state index >= 15 is 0 Å². The highest BCUT2D eigenvalue weighted by Crippen LogP contribution is 2.18. The van der Waals surface area contributed by atoms with Gasteiger partial charge in [-0.1, -0.05) is 30.3 Å². The Kier molecular flexibility index (Phi) is 3.66. The third-order valence-electron chi connectivity index (χ3n) is 3.71. The van der Waals surface area contributed by atoms with E-state index in [2.05, 4.69) is 32.6 Å². The molecule has 24 heavy (non-hydrogen) atoms. The molecule has 0 spiro atoms. The molecule has 4 aromatic rings. The molecule has 0 unspecified atom stereocenters. The molecule has 1 atom stereocenters. The Morgan fingerprint density at radius 2 is 1.92 bits per heavy atom. The minimum absolute atomic E-state index is 0.187. The maximum Gasteiger partial charge on any atom is 0.185 e. The zero-order valence-electron chi connectivity index (χ0n) is 13.2. The first-order valence-corrected chi connectivity index (χ1v) is 7.81. The van der Waals surface area contributed by atoms with Crippen LogP contribution in [0.4, 0.5) is 5.82 Å². The van der Waals surface area contributed by atoms with Crippen LogP contribution in [0.15, 0.2) is 60.9 Å². The van der Waals surface area contributed by atoms with Gasteiger partial charge in [0.05, 0.1) is 6.54 Å². The van der Waals surface area contributed by atoms with Crippen molar-refractivity contribution in [3.8, 4) is 11.4 Å². The fourth-order valence-corrected chi connectivity index (χ4v) is 2.62. The quantitative estimate of drug-likeness (QED) is 0.612. The number of nitrogens with zero attached hydrogens (tertiary/aromatic N) is 6. The molecule has 1 N–H and O–H groups in total. The number of rotatable bonds is 5. The molecule has 0 saturated heterocycles. The standard InChI is InChI=1S/C17H17N7/c1-13(12-23-11-5-10-18-23)19-15-8-9-16-20-21-17(24(16)22-15)14-6-3-2-4-7-14/h2-11,13H,12H2,1H3,(H,19,22)/t13-/m1/s1. The summed E-state index contributed by atoms with van der Waals surface area (Å²) in [5.41, 5.74) is 1.71. The van der Waals surface area contributed by atoms with Crippen LogP contribution < -0.4 is 5.32 Å². The van der Waals surface area contributed by atoms with Crippen LogP contribution in [0.1, 0.15) is 6.92 Å². The molecule has 0 aliphatic rings. The topological polar surface area (TPSA) is 72.9 Å². The fourth-order valence-electron chi connectivity index (χ4n) is 2.62. The molecule has 7 heteroatoms. The van der Waals surface area contributed by atoms with Gasteiger partial charge >= 0.3 is 0 Å². The maximum absolute atomic E-state index is 4.63. The SMILES string of the molecule is C[C@H](Cn1cccn1)Nc1ccc2nnc(-c3ccccc3)n2n1. The van der Waals surface area contributed by atoms with E-state index in [1.165, 1.54) is 0 Å². The summed E-state index contributed by atoms with van der Waals surface area (Å²) in [7, 11) is 0. The van der Waals surface area contributed by atoms with Crippen LogP contribution in [0.5, 0.6) is 0 Å². The first-order chi connectivity index (χ1) is 11.8. The Balaban J connectivity index is 1.60. The smallest absolute Gasteiger partial charge is 0.185 e. The summed E-state index contributed by atoms with van der Waals surface area (Å²) in [6.07, 6.45) is 3.72. The van der Waals surface area contributed by atoms with Crippen LogP contribution in [0.25, 0.3) is 17.0 Å². The summed E-state index contributed by atoms with van der Waals surface area (Å²) >= 11 is 0. The van der Waals surface area contributed by atoms with Crippen LogP contribution >= 0.6 is 0 Å².